The molecule has 1 aliphatic rings. The van der Waals surface area contributed by atoms with Crippen molar-refractivity contribution in [1.29, 1.82) is 0 Å². The number of carbonyl (C=O) groups is 2. The number of aromatic nitrogens is 1. The zero-order chi connectivity index (χ0) is 26.0. The molecule has 4 rings (SSSR count). The first kappa shape index (κ1) is 25.5. The Morgan fingerprint density at radius 3 is 2.61 bits per heavy atom. The van der Waals surface area contributed by atoms with Gasteiger partial charge in [0.15, 0.2) is 5.78 Å². The molecule has 0 radical (unpaired) electrons. The maximum atomic E-state index is 14.6. The number of fused-ring (bicyclic) bond motifs is 1. The van der Waals surface area contributed by atoms with Gasteiger partial charge in [0, 0.05) is 34.0 Å². The Morgan fingerprint density at radius 2 is 1.92 bits per heavy atom. The summed E-state index contributed by atoms with van der Waals surface area (Å²) in [6.07, 6.45) is 8.63. The molecule has 0 bridgehead atoms. The summed E-state index contributed by atoms with van der Waals surface area (Å²) < 4.78 is 56.0. The standard InChI is InChI=1S/C27H26F2N2O4S/c1-3-4-7-17-10-13-23-21(14-17)25(20-8-5-6-9-24(20)32)26(27(33)30-36(2,34)35)31(23)16-18-15-19(28)11-12-22(18)29/h5-6,8,10-15H,3-4,7,9,16H2,1-2H3,(H,30,33). The number of aryl methyl sites for hydroxylation is 1. The summed E-state index contributed by atoms with van der Waals surface area (Å²) in [6, 6.07) is 8.55. The van der Waals surface area contributed by atoms with Gasteiger partial charge in [0.05, 0.1) is 12.8 Å². The van der Waals surface area contributed by atoms with Crippen molar-refractivity contribution in [1.82, 2.24) is 9.29 Å². The zero-order valence-corrected chi connectivity index (χ0v) is 20.8. The number of hydrogen-bond acceptors (Lipinski definition) is 4. The summed E-state index contributed by atoms with van der Waals surface area (Å²) in [5.41, 5.74) is 1.88. The molecule has 0 saturated heterocycles. The first-order valence-corrected chi connectivity index (χ1v) is 13.5. The van der Waals surface area contributed by atoms with E-state index in [1.807, 2.05) is 16.9 Å². The van der Waals surface area contributed by atoms with Gasteiger partial charge >= 0.3 is 0 Å². The number of hydrogen-bond donors (Lipinski definition) is 1. The van der Waals surface area contributed by atoms with Crippen LogP contribution in [-0.4, -0.2) is 30.9 Å². The molecular formula is C27H26F2N2O4S. The molecule has 9 heteroatoms. The summed E-state index contributed by atoms with van der Waals surface area (Å²) in [6.45, 7) is 1.82. The lowest BCUT2D eigenvalue weighted by Crippen LogP contribution is -2.32. The second-order valence-electron chi connectivity index (χ2n) is 8.84. The smallest absolute Gasteiger partial charge is 0.282 e. The average Bonchev–Trinajstić information content (AvgIpc) is 3.12. The van der Waals surface area contributed by atoms with Gasteiger partial charge in [-0.3, -0.25) is 9.59 Å². The van der Waals surface area contributed by atoms with E-state index >= 15 is 0 Å². The number of carbonyl (C=O) groups excluding carboxylic acids is 2. The van der Waals surface area contributed by atoms with E-state index in [1.165, 1.54) is 4.57 Å². The second-order valence-corrected chi connectivity index (χ2v) is 10.6. The van der Waals surface area contributed by atoms with Crippen molar-refractivity contribution in [2.75, 3.05) is 6.26 Å². The third kappa shape index (κ3) is 5.31. The minimum Gasteiger partial charge on any atom is -0.331 e. The Balaban J connectivity index is 2.05. The zero-order valence-electron chi connectivity index (χ0n) is 20.0. The summed E-state index contributed by atoms with van der Waals surface area (Å²) in [4.78, 5) is 26.3. The highest BCUT2D eigenvalue weighted by molar-refractivity contribution is 7.89. The number of Topliss-reactive ketones (excluding diaryl/α,β-unsaturated/α-hetero) is 1. The van der Waals surface area contributed by atoms with Gasteiger partial charge in [0.1, 0.15) is 17.3 Å². The third-order valence-corrected chi connectivity index (χ3v) is 6.60. The number of nitrogens with zero attached hydrogens (tertiary/aromatic N) is 1. The van der Waals surface area contributed by atoms with Crippen molar-refractivity contribution in [2.45, 2.75) is 39.2 Å². The van der Waals surface area contributed by atoms with Gasteiger partial charge in [-0.05, 0) is 48.7 Å². The predicted octanol–water partition coefficient (Wildman–Crippen LogP) is 4.91. The number of amides is 1. The van der Waals surface area contributed by atoms with Gasteiger partial charge in [-0.25, -0.2) is 21.9 Å². The summed E-state index contributed by atoms with van der Waals surface area (Å²) in [7, 11) is -3.96. The minimum atomic E-state index is -3.96. The van der Waals surface area contributed by atoms with Crippen molar-refractivity contribution >= 4 is 38.2 Å². The molecule has 3 aromatic rings. The van der Waals surface area contributed by atoms with Crippen LogP contribution in [0.25, 0.3) is 16.5 Å². The van der Waals surface area contributed by atoms with E-state index in [-0.39, 0.29) is 41.1 Å². The van der Waals surface area contributed by atoms with Gasteiger partial charge in [0.25, 0.3) is 5.91 Å². The molecule has 0 atom stereocenters. The second kappa shape index (κ2) is 10.2. The van der Waals surface area contributed by atoms with Crippen LogP contribution in [0.3, 0.4) is 0 Å². The van der Waals surface area contributed by atoms with Crippen LogP contribution >= 0.6 is 0 Å². The van der Waals surface area contributed by atoms with E-state index in [0.29, 0.717) is 10.9 Å². The normalized spacial score (nSPS) is 13.8. The molecular weight excluding hydrogens is 486 g/mol. The quantitative estimate of drug-likeness (QED) is 0.465. The molecule has 0 saturated carbocycles. The van der Waals surface area contributed by atoms with Crippen molar-refractivity contribution in [2.24, 2.45) is 0 Å². The van der Waals surface area contributed by atoms with Crippen LogP contribution < -0.4 is 4.72 Å². The van der Waals surface area contributed by atoms with Crippen molar-refractivity contribution in [3.63, 3.8) is 0 Å². The van der Waals surface area contributed by atoms with Crippen LogP contribution in [0.5, 0.6) is 0 Å². The van der Waals surface area contributed by atoms with Gasteiger partial charge in [-0.1, -0.05) is 37.6 Å². The number of rotatable bonds is 8. The summed E-state index contributed by atoms with van der Waals surface area (Å²) in [5.74, 6) is -2.52. The van der Waals surface area contributed by atoms with E-state index in [1.54, 1.807) is 24.3 Å². The molecule has 1 amide bonds. The van der Waals surface area contributed by atoms with E-state index in [2.05, 4.69) is 6.92 Å². The van der Waals surface area contributed by atoms with Crippen molar-refractivity contribution < 1.29 is 26.8 Å². The topological polar surface area (TPSA) is 85.2 Å². The molecule has 36 heavy (non-hydrogen) atoms. The van der Waals surface area contributed by atoms with Crippen LogP contribution in [0.4, 0.5) is 8.78 Å². The van der Waals surface area contributed by atoms with Crippen LogP contribution in [0.15, 0.2) is 54.6 Å². The summed E-state index contributed by atoms with van der Waals surface area (Å²) >= 11 is 0. The Morgan fingerprint density at radius 1 is 1.14 bits per heavy atom. The van der Waals surface area contributed by atoms with E-state index in [0.717, 1.165) is 49.3 Å². The molecule has 1 N–H and O–H groups in total. The Hall–Kier alpha value is -3.59. The van der Waals surface area contributed by atoms with Gasteiger partial charge in [0.2, 0.25) is 10.0 Å². The summed E-state index contributed by atoms with van der Waals surface area (Å²) in [5, 5.41) is 0.564. The highest BCUT2D eigenvalue weighted by atomic mass is 32.2. The molecule has 188 valence electrons. The van der Waals surface area contributed by atoms with Crippen LogP contribution in [0, 0.1) is 11.6 Å². The number of benzene rings is 2. The Labute approximate surface area is 208 Å². The Kier molecular flexibility index (Phi) is 7.21. The fourth-order valence-corrected chi connectivity index (χ4v) is 4.86. The number of ketones is 1. The van der Waals surface area contributed by atoms with Gasteiger partial charge in [-0.2, -0.15) is 0 Å². The SMILES string of the molecule is CCCCc1ccc2c(c1)c(C1=CC=CCC1=O)c(C(=O)NS(C)(=O)=O)n2Cc1cc(F)ccc1F. The van der Waals surface area contributed by atoms with E-state index in [9.17, 15) is 26.8 Å². The number of unbranched alkanes of at least 4 members (excludes halogenated alkanes) is 1. The molecule has 0 aliphatic heterocycles. The van der Waals surface area contributed by atoms with Gasteiger partial charge < -0.3 is 4.57 Å². The highest BCUT2D eigenvalue weighted by Crippen LogP contribution is 2.36. The first-order chi connectivity index (χ1) is 17.1. The minimum absolute atomic E-state index is 0.0224. The predicted molar refractivity (Wildman–Crippen MR) is 135 cm³/mol. The van der Waals surface area contributed by atoms with Gasteiger partial charge in [-0.15, -0.1) is 0 Å². The average molecular weight is 513 g/mol. The molecule has 0 fully saturated rings. The maximum Gasteiger partial charge on any atom is 0.282 e. The lowest BCUT2D eigenvalue weighted by Gasteiger charge is -2.14. The van der Waals surface area contributed by atoms with Crippen LogP contribution in [0.1, 0.15) is 53.4 Å². The highest BCUT2D eigenvalue weighted by Gasteiger charge is 2.30. The molecule has 6 nitrogen and oxygen atoms in total. The first-order valence-electron chi connectivity index (χ1n) is 11.6. The molecule has 1 aromatic heterocycles. The molecule has 1 heterocycles. The Bertz CT molecular complexity index is 1530. The fourth-order valence-electron chi connectivity index (χ4n) is 4.43. The van der Waals surface area contributed by atoms with Crippen molar-refractivity contribution in [3.8, 4) is 0 Å². The molecule has 1 aliphatic carbocycles. The van der Waals surface area contributed by atoms with Crippen LogP contribution in [0.2, 0.25) is 0 Å². The third-order valence-electron chi connectivity index (χ3n) is 6.05. The van der Waals surface area contributed by atoms with Crippen LogP contribution in [-0.2, 0) is 27.8 Å². The lowest BCUT2D eigenvalue weighted by atomic mass is 9.92. The van der Waals surface area contributed by atoms with E-state index in [4.69, 9.17) is 0 Å². The van der Waals surface area contributed by atoms with E-state index < -0.39 is 27.6 Å². The number of sulfonamides is 1. The molecule has 0 spiro atoms. The molecule has 2 aromatic carbocycles. The van der Waals surface area contributed by atoms with Crippen molar-refractivity contribution in [3.05, 3.63) is 88.6 Å². The number of halogens is 2. The monoisotopic (exact) mass is 512 g/mol. The largest absolute Gasteiger partial charge is 0.331 e. The number of allylic oxidation sites excluding steroid dienone is 4. The fraction of sp³-hybridized carbons (Fsp3) is 0.259. The maximum absolute atomic E-state index is 14.6. The lowest BCUT2D eigenvalue weighted by molar-refractivity contribution is -0.113. The molecule has 0 unspecified atom stereocenters. The number of nitrogens with one attached hydrogen (secondary N) is 1.